The number of para-hydroxylation sites is 2. The molecule has 0 saturated heterocycles. The lowest BCUT2D eigenvalue weighted by atomic mass is 10.3. The summed E-state index contributed by atoms with van der Waals surface area (Å²) in [7, 11) is -3.94. The minimum Gasteiger partial charge on any atom is -0.464 e. The van der Waals surface area contributed by atoms with Crippen molar-refractivity contribution in [3.8, 4) is 5.75 Å². The average Bonchev–Trinajstić information content (AvgIpc) is 3.34. The van der Waals surface area contributed by atoms with Crippen molar-refractivity contribution >= 4 is 44.7 Å². The third-order valence-electron chi connectivity index (χ3n) is 4.58. The van der Waals surface area contributed by atoms with Crippen molar-refractivity contribution in [2.75, 3.05) is 10.0 Å². The molecule has 0 aliphatic heterocycles. The Labute approximate surface area is 208 Å². The fourth-order valence-corrected chi connectivity index (χ4v) is 4.00. The molecule has 4 rings (SSSR count). The maximum Gasteiger partial charge on any atom is 0.311 e. The van der Waals surface area contributed by atoms with Gasteiger partial charge in [0.15, 0.2) is 29.1 Å². The van der Waals surface area contributed by atoms with Crippen LogP contribution in [0.15, 0.2) is 77.8 Å². The number of carbonyl (C=O) groups is 1. The van der Waals surface area contributed by atoms with Crippen LogP contribution in [0.4, 0.5) is 17.2 Å². The second-order valence-electron chi connectivity index (χ2n) is 7.06. The highest BCUT2D eigenvalue weighted by Crippen LogP contribution is 2.26. The lowest BCUT2D eigenvalue weighted by molar-refractivity contribution is -0.386. The number of ether oxygens (including phenoxy) is 1. The Morgan fingerprint density at radius 3 is 2.50 bits per heavy atom. The van der Waals surface area contributed by atoms with Crippen molar-refractivity contribution in [1.29, 1.82) is 0 Å². The van der Waals surface area contributed by atoms with E-state index >= 15 is 0 Å². The Morgan fingerprint density at radius 1 is 1.06 bits per heavy atom. The van der Waals surface area contributed by atoms with E-state index in [9.17, 15) is 23.3 Å². The Kier molecular flexibility index (Phi) is 7.07. The molecule has 15 heteroatoms. The van der Waals surface area contributed by atoms with E-state index in [2.05, 4.69) is 25.3 Å². The van der Waals surface area contributed by atoms with E-state index in [-0.39, 0.29) is 39.7 Å². The van der Waals surface area contributed by atoms with Crippen LogP contribution in [0, 0.1) is 10.1 Å². The van der Waals surface area contributed by atoms with Gasteiger partial charge in [0.1, 0.15) is 0 Å². The largest absolute Gasteiger partial charge is 0.464 e. The number of nitro benzene ring substituents is 1. The van der Waals surface area contributed by atoms with Crippen LogP contribution in [-0.2, 0) is 16.8 Å². The first-order chi connectivity index (χ1) is 17.2. The van der Waals surface area contributed by atoms with Gasteiger partial charge in [-0.15, -0.1) is 10.2 Å². The van der Waals surface area contributed by atoms with E-state index in [1.807, 2.05) is 0 Å². The topological polar surface area (TPSA) is 171 Å². The van der Waals surface area contributed by atoms with Crippen LogP contribution in [0.1, 0.15) is 10.5 Å². The number of nitrogens with zero attached hydrogens (tertiary/aromatic N) is 5. The van der Waals surface area contributed by atoms with Gasteiger partial charge in [-0.3, -0.25) is 19.6 Å². The second kappa shape index (κ2) is 10.4. The lowest BCUT2D eigenvalue weighted by Gasteiger charge is -2.08. The summed E-state index contributed by atoms with van der Waals surface area (Å²) >= 11 is 5.64. The number of halogens is 1. The van der Waals surface area contributed by atoms with Crippen LogP contribution >= 0.6 is 11.6 Å². The molecule has 184 valence electrons. The molecule has 0 radical (unpaired) electrons. The zero-order valence-electron chi connectivity index (χ0n) is 18.1. The smallest absolute Gasteiger partial charge is 0.311 e. The summed E-state index contributed by atoms with van der Waals surface area (Å²) in [6.45, 7) is -0.157. The zero-order valence-corrected chi connectivity index (χ0v) is 19.7. The fraction of sp³-hybridized carbons (Fsp3) is 0.0476. The number of anilines is 2. The van der Waals surface area contributed by atoms with E-state index < -0.39 is 20.9 Å². The number of amides is 1. The highest BCUT2D eigenvalue weighted by Gasteiger charge is 2.17. The number of carbonyl (C=O) groups excluding carboxylic acids is 1. The third kappa shape index (κ3) is 5.92. The number of nitro groups is 1. The van der Waals surface area contributed by atoms with Crippen LogP contribution in [-0.4, -0.2) is 39.2 Å². The minimum absolute atomic E-state index is 0.00165. The molecule has 0 fully saturated rings. The SMILES string of the molecule is O=C(Nc1ccc(S(=O)(=O)Nc2ccc(Cl)nn2)cc1)c1ccn(COc2ccccc2[N+](=O)[O-])n1. The van der Waals surface area contributed by atoms with Crippen molar-refractivity contribution < 1.29 is 22.9 Å². The molecular formula is C21H16ClN7O6S. The summed E-state index contributed by atoms with van der Waals surface area (Å²) in [5.74, 6) is -0.487. The highest BCUT2D eigenvalue weighted by atomic mass is 35.5. The van der Waals surface area contributed by atoms with Gasteiger partial charge in [-0.1, -0.05) is 23.7 Å². The molecule has 0 spiro atoms. The summed E-state index contributed by atoms with van der Waals surface area (Å²) in [5.41, 5.74) is 0.196. The van der Waals surface area contributed by atoms with E-state index in [0.717, 1.165) is 0 Å². The van der Waals surface area contributed by atoms with E-state index in [1.165, 1.54) is 71.5 Å². The highest BCUT2D eigenvalue weighted by molar-refractivity contribution is 7.92. The summed E-state index contributed by atoms with van der Waals surface area (Å²) in [6, 6.07) is 15.5. The van der Waals surface area contributed by atoms with Crippen molar-refractivity contribution in [2.45, 2.75) is 11.6 Å². The van der Waals surface area contributed by atoms with Crippen molar-refractivity contribution in [3.05, 3.63) is 93.9 Å². The Hall–Kier alpha value is -4.56. The van der Waals surface area contributed by atoms with E-state index in [1.54, 1.807) is 6.07 Å². The molecule has 2 aromatic carbocycles. The van der Waals surface area contributed by atoms with Gasteiger partial charge in [0.2, 0.25) is 0 Å². The standard InChI is InChI=1S/C21H16ClN7O6S/c22-19-9-10-20(25-24-19)27-36(33,34)15-7-5-14(6-8-15)23-21(30)16-11-12-28(26-16)13-35-18-4-2-1-3-17(18)29(31)32/h1-12H,13H2,(H,23,30)(H,25,27). The summed E-state index contributed by atoms with van der Waals surface area (Å²) < 4.78 is 34.0. The minimum atomic E-state index is -3.94. The molecule has 0 saturated carbocycles. The molecule has 0 atom stereocenters. The molecule has 0 bridgehead atoms. The number of sulfonamides is 1. The van der Waals surface area contributed by atoms with Gasteiger partial charge in [-0.25, -0.2) is 13.1 Å². The van der Waals surface area contributed by atoms with E-state index in [0.29, 0.717) is 5.69 Å². The summed E-state index contributed by atoms with van der Waals surface area (Å²) in [5, 5.41) is 25.1. The molecule has 36 heavy (non-hydrogen) atoms. The molecule has 2 heterocycles. The first kappa shape index (κ1) is 24.6. The van der Waals surface area contributed by atoms with Crippen LogP contribution in [0.2, 0.25) is 5.15 Å². The maximum absolute atomic E-state index is 12.5. The molecule has 13 nitrogen and oxygen atoms in total. The average molecular weight is 530 g/mol. The van der Waals surface area contributed by atoms with Crippen molar-refractivity contribution in [3.63, 3.8) is 0 Å². The molecule has 1 amide bonds. The Balaban J connectivity index is 1.37. The van der Waals surface area contributed by atoms with Gasteiger partial charge in [0, 0.05) is 18.0 Å². The van der Waals surface area contributed by atoms with Crippen LogP contribution in [0.25, 0.3) is 0 Å². The monoisotopic (exact) mass is 529 g/mol. The summed E-state index contributed by atoms with van der Waals surface area (Å²) in [6.07, 6.45) is 1.48. The molecule has 0 aliphatic carbocycles. The number of hydrogen-bond donors (Lipinski definition) is 2. The normalized spacial score (nSPS) is 11.0. The van der Waals surface area contributed by atoms with Gasteiger partial charge in [-0.2, -0.15) is 5.10 Å². The van der Waals surface area contributed by atoms with Gasteiger partial charge in [0.05, 0.1) is 9.82 Å². The van der Waals surface area contributed by atoms with Crippen LogP contribution in [0.5, 0.6) is 5.75 Å². The Bertz CT molecular complexity index is 1510. The van der Waals surface area contributed by atoms with E-state index in [4.69, 9.17) is 16.3 Å². The first-order valence-electron chi connectivity index (χ1n) is 10.0. The predicted molar refractivity (Wildman–Crippen MR) is 128 cm³/mol. The second-order valence-corrected chi connectivity index (χ2v) is 9.13. The number of nitrogens with one attached hydrogen (secondary N) is 2. The van der Waals surface area contributed by atoms with Gasteiger partial charge >= 0.3 is 5.69 Å². The number of hydrogen-bond acceptors (Lipinski definition) is 9. The van der Waals surface area contributed by atoms with Crippen molar-refractivity contribution in [1.82, 2.24) is 20.0 Å². The molecular weight excluding hydrogens is 514 g/mol. The predicted octanol–water partition coefficient (Wildman–Crippen LogP) is 3.32. The molecule has 4 aromatic rings. The molecule has 2 N–H and O–H groups in total. The van der Waals surface area contributed by atoms with Gasteiger partial charge < -0.3 is 10.1 Å². The summed E-state index contributed by atoms with van der Waals surface area (Å²) in [4.78, 5) is 23.0. The first-order valence-corrected chi connectivity index (χ1v) is 11.9. The molecule has 0 unspecified atom stereocenters. The number of rotatable bonds is 9. The quantitative estimate of drug-likeness (QED) is 0.243. The molecule has 2 aromatic heterocycles. The molecule has 0 aliphatic rings. The fourth-order valence-electron chi connectivity index (χ4n) is 2.90. The lowest BCUT2D eigenvalue weighted by Crippen LogP contribution is -2.16. The number of benzene rings is 2. The third-order valence-corrected chi connectivity index (χ3v) is 6.15. The zero-order chi connectivity index (χ0) is 25.7. The van der Waals surface area contributed by atoms with Crippen LogP contribution < -0.4 is 14.8 Å². The maximum atomic E-state index is 12.5. The van der Waals surface area contributed by atoms with Gasteiger partial charge in [-0.05, 0) is 48.5 Å². The Morgan fingerprint density at radius 2 is 1.81 bits per heavy atom. The van der Waals surface area contributed by atoms with Gasteiger partial charge in [0.25, 0.3) is 15.9 Å². The van der Waals surface area contributed by atoms with Crippen LogP contribution in [0.3, 0.4) is 0 Å². The number of aromatic nitrogens is 4. The van der Waals surface area contributed by atoms with Crippen molar-refractivity contribution in [2.24, 2.45) is 0 Å².